The molecule has 0 spiro atoms. The molecule has 2 fully saturated rings. The number of nitrogens with zero attached hydrogens (tertiary/aromatic N) is 4. The van der Waals surface area contributed by atoms with Gasteiger partial charge in [-0.1, -0.05) is 74.6 Å². The summed E-state index contributed by atoms with van der Waals surface area (Å²) in [6, 6.07) is 18.9. The van der Waals surface area contributed by atoms with Crippen LogP contribution in [-0.4, -0.2) is 65.4 Å². The van der Waals surface area contributed by atoms with Gasteiger partial charge in [-0.15, -0.1) is 0 Å². The summed E-state index contributed by atoms with van der Waals surface area (Å²) in [6.45, 7) is 6.49. The molecule has 238 valence electrons. The van der Waals surface area contributed by atoms with Gasteiger partial charge in [-0.05, 0) is 70.2 Å². The minimum Gasteiger partial charge on any atom is -0.465 e. The summed E-state index contributed by atoms with van der Waals surface area (Å²) >= 11 is 0. The molecule has 2 heterocycles. The van der Waals surface area contributed by atoms with Gasteiger partial charge in [0.25, 0.3) is 5.56 Å². The number of ether oxygens (including phenoxy) is 2. The molecule has 1 saturated heterocycles. The van der Waals surface area contributed by atoms with Crippen molar-refractivity contribution >= 4 is 22.8 Å². The van der Waals surface area contributed by atoms with E-state index in [1.807, 2.05) is 59.2 Å². The van der Waals surface area contributed by atoms with Crippen LogP contribution >= 0.6 is 0 Å². The van der Waals surface area contributed by atoms with Gasteiger partial charge >= 0.3 is 5.97 Å². The third-order valence-corrected chi connectivity index (χ3v) is 9.34. The van der Waals surface area contributed by atoms with Crippen molar-refractivity contribution in [2.45, 2.75) is 103 Å². The van der Waals surface area contributed by atoms with Crippen LogP contribution in [0, 0.1) is 0 Å². The van der Waals surface area contributed by atoms with E-state index < -0.39 is 0 Å². The first-order valence-corrected chi connectivity index (χ1v) is 16.8. The summed E-state index contributed by atoms with van der Waals surface area (Å²) in [6.07, 6.45) is 12.6. The van der Waals surface area contributed by atoms with Gasteiger partial charge in [-0.3, -0.25) is 14.5 Å². The van der Waals surface area contributed by atoms with Crippen molar-refractivity contribution in [2.75, 3.05) is 37.7 Å². The summed E-state index contributed by atoms with van der Waals surface area (Å²) in [5.74, 6) is -0.111. The molecule has 2 aliphatic rings. The van der Waals surface area contributed by atoms with Crippen molar-refractivity contribution in [3.05, 3.63) is 70.5 Å². The smallest absolute Gasteiger partial charge is 0.325 e. The fraction of sp³-hybridized carbons (Fsp3) is 0.583. The molecular weight excluding hydrogens is 552 g/mol. The zero-order valence-electron chi connectivity index (χ0n) is 26.7. The van der Waals surface area contributed by atoms with E-state index >= 15 is 0 Å². The largest absolute Gasteiger partial charge is 0.465 e. The number of esters is 1. The highest BCUT2D eigenvalue weighted by atomic mass is 16.5. The Hall–Kier alpha value is -3.23. The van der Waals surface area contributed by atoms with E-state index in [4.69, 9.17) is 14.5 Å². The van der Waals surface area contributed by atoms with Crippen LogP contribution < -0.4 is 10.5 Å². The first-order valence-electron chi connectivity index (χ1n) is 16.8. The van der Waals surface area contributed by atoms with Crippen LogP contribution in [0.5, 0.6) is 0 Å². The molecule has 0 bridgehead atoms. The molecule has 1 aliphatic heterocycles. The number of carbonyl (C=O) groups is 1. The fourth-order valence-electron chi connectivity index (χ4n) is 7.20. The highest BCUT2D eigenvalue weighted by Gasteiger charge is 2.33. The molecule has 2 aromatic carbocycles. The monoisotopic (exact) mass is 602 g/mol. The number of para-hydroxylation sites is 2. The fourth-order valence-corrected chi connectivity index (χ4v) is 7.20. The van der Waals surface area contributed by atoms with Crippen LogP contribution in [0.3, 0.4) is 0 Å². The van der Waals surface area contributed by atoms with Gasteiger partial charge in [0.05, 0.1) is 30.9 Å². The molecule has 0 radical (unpaired) electrons. The topological polar surface area (TPSA) is 76.9 Å². The Bertz CT molecular complexity index is 1390. The lowest BCUT2D eigenvalue weighted by Crippen LogP contribution is -2.42. The third-order valence-electron chi connectivity index (χ3n) is 9.34. The number of anilines is 1. The zero-order valence-corrected chi connectivity index (χ0v) is 26.7. The van der Waals surface area contributed by atoms with Gasteiger partial charge < -0.3 is 18.9 Å². The first kappa shape index (κ1) is 32.2. The highest BCUT2D eigenvalue weighted by Crippen LogP contribution is 2.32. The second-order valence-corrected chi connectivity index (χ2v) is 12.5. The van der Waals surface area contributed by atoms with E-state index in [1.54, 1.807) is 11.8 Å². The van der Waals surface area contributed by atoms with Gasteiger partial charge in [0.1, 0.15) is 6.54 Å². The van der Waals surface area contributed by atoms with Crippen molar-refractivity contribution in [3.8, 4) is 0 Å². The maximum absolute atomic E-state index is 14.4. The average molecular weight is 603 g/mol. The molecular formula is C36H50N4O4. The summed E-state index contributed by atoms with van der Waals surface area (Å²) in [7, 11) is 0. The van der Waals surface area contributed by atoms with E-state index in [0.29, 0.717) is 31.8 Å². The molecule has 0 amide bonds. The summed E-state index contributed by atoms with van der Waals surface area (Å²) in [5.41, 5.74) is 2.49. The van der Waals surface area contributed by atoms with Crippen molar-refractivity contribution in [1.29, 1.82) is 0 Å². The van der Waals surface area contributed by atoms with Crippen LogP contribution in [0.1, 0.15) is 89.7 Å². The number of carbonyl (C=O) groups excluding carboxylic acids is 1. The number of likely N-dealkylation sites (tertiary alicyclic amines) is 1. The molecule has 1 aromatic heterocycles. The molecule has 1 aliphatic carbocycles. The Balaban J connectivity index is 1.39. The molecule has 0 N–H and O–H groups in total. The Kier molecular flexibility index (Phi) is 11.8. The van der Waals surface area contributed by atoms with Gasteiger partial charge in [-0.2, -0.15) is 0 Å². The lowest BCUT2D eigenvalue weighted by atomic mass is 9.94. The van der Waals surface area contributed by atoms with Crippen LogP contribution in [0.2, 0.25) is 0 Å². The zero-order chi connectivity index (χ0) is 30.7. The maximum atomic E-state index is 14.4. The van der Waals surface area contributed by atoms with Crippen LogP contribution in [0.15, 0.2) is 59.4 Å². The predicted molar refractivity (Wildman–Crippen MR) is 176 cm³/mol. The summed E-state index contributed by atoms with van der Waals surface area (Å²) < 4.78 is 13.2. The molecule has 0 unspecified atom stereocenters. The van der Waals surface area contributed by atoms with Crippen molar-refractivity contribution in [3.63, 3.8) is 0 Å². The van der Waals surface area contributed by atoms with Crippen LogP contribution in [0.4, 0.5) is 5.82 Å². The molecule has 5 rings (SSSR count). The van der Waals surface area contributed by atoms with E-state index in [0.717, 1.165) is 29.6 Å². The minimum atomic E-state index is -0.384. The van der Waals surface area contributed by atoms with Gasteiger partial charge in [-0.25, -0.2) is 4.98 Å². The number of hydrogen-bond acceptors (Lipinski definition) is 7. The SMILES string of the molecule is CCOC(=O)CN(CCOCc1ccccc1)c1nc2ccccc2n([C@@H](C)C[C@@H]2CCCN2C2CCCCCCC2)c1=O. The van der Waals surface area contributed by atoms with E-state index in [-0.39, 0.29) is 36.5 Å². The number of fused-ring (bicyclic) bond motifs is 1. The quantitative estimate of drug-likeness (QED) is 0.163. The number of benzene rings is 2. The standard InChI is InChI=1S/C36H50N4O4/c1-3-44-34(41)26-38(23-24-43-27-29-15-8-7-9-16-29)35-36(42)40(33-21-13-12-20-32(33)37-35)28(2)25-31-19-14-22-39(31)30-17-10-5-4-6-11-18-30/h7-9,12-13,15-16,20-21,28,30-31H,3-6,10-11,14,17-19,22-27H2,1-2H3/t28-,31-/m0/s1. The molecule has 2 atom stereocenters. The minimum absolute atomic E-state index is 0.0212. The molecule has 44 heavy (non-hydrogen) atoms. The number of rotatable bonds is 13. The molecule has 1 saturated carbocycles. The Labute approximate surface area is 262 Å². The lowest BCUT2D eigenvalue weighted by Gasteiger charge is -2.36. The Morgan fingerprint density at radius 2 is 1.70 bits per heavy atom. The number of aromatic nitrogens is 2. The lowest BCUT2D eigenvalue weighted by molar-refractivity contribution is -0.141. The second-order valence-electron chi connectivity index (χ2n) is 12.5. The normalized spacial score (nSPS) is 19.0. The van der Waals surface area contributed by atoms with Crippen molar-refractivity contribution in [2.24, 2.45) is 0 Å². The average Bonchev–Trinajstić information content (AvgIpc) is 3.46. The third kappa shape index (κ3) is 8.27. The summed E-state index contributed by atoms with van der Waals surface area (Å²) in [5, 5.41) is 0. The molecule has 3 aromatic rings. The van der Waals surface area contributed by atoms with Crippen molar-refractivity contribution < 1.29 is 14.3 Å². The predicted octanol–water partition coefficient (Wildman–Crippen LogP) is 6.51. The molecule has 8 nitrogen and oxygen atoms in total. The Morgan fingerprint density at radius 3 is 2.48 bits per heavy atom. The highest BCUT2D eigenvalue weighted by molar-refractivity contribution is 5.79. The molecule has 8 heteroatoms. The summed E-state index contributed by atoms with van der Waals surface area (Å²) in [4.78, 5) is 36.4. The van der Waals surface area contributed by atoms with Gasteiger partial charge in [0.2, 0.25) is 0 Å². The maximum Gasteiger partial charge on any atom is 0.325 e. The van der Waals surface area contributed by atoms with Crippen LogP contribution in [0.25, 0.3) is 11.0 Å². The van der Waals surface area contributed by atoms with E-state index in [9.17, 15) is 9.59 Å². The van der Waals surface area contributed by atoms with E-state index in [2.05, 4.69) is 11.8 Å². The van der Waals surface area contributed by atoms with Gasteiger partial charge in [0.15, 0.2) is 5.82 Å². The van der Waals surface area contributed by atoms with E-state index in [1.165, 1.54) is 57.8 Å². The number of hydrogen-bond donors (Lipinski definition) is 0. The Morgan fingerprint density at radius 1 is 0.977 bits per heavy atom. The van der Waals surface area contributed by atoms with Crippen LogP contribution in [-0.2, 0) is 20.9 Å². The van der Waals surface area contributed by atoms with Crippen molar-refractivity contribution in [1.82, 2.24) is 14.5 Å². The van der Waals surface area contributed by atoms with Gasteiger partial charge in [0, 0.05) is 24.7 Å². The second kappa shape index (κ2) is 16.2. The first-order chi connectivity index (χ1) is 21.5.